The number of aliphatic hydroxyl groups is 7. The van der Waals surface area contributed by atoms with Gasteiger partial charge in [0.2, 0.25) is 0 Å². The molecule has 0 saturated carbocycles. The van der Waals surface area contributed by atoms with Gasteiger partial charge in [-0.15, -0.1) is 0 Å². The molecule has 15 atom stereocenters. The summed E-state index contributed by atoms with van der Waals surface area (Å²) in [6.45, 7) is 0.690. The van der Waals surface area contributed by atoms with E-state index >= 15 is 0 Å². The molecule has 16 nitrogen and oxygen atoms in total. The number of nitrogens with two attached hydrogens (primary N) is 2. The van der Waals surface area contributed by atoms with Gasteiger partial charge in [-0.1, -0.05) is 134 Å². The zero-order valence-corrected chi connectivity index (χ0v) is 34.9. The predicted molar refractivity (Wildman–Crippen MR) is 220 cm³/mol. The summed E-state index contributed by atoms with van der Waals surface area (Å²) in [5, 5.41) is 73.9. The Morgan fingerprint density at radius 1 is 0.576 bits per heavy atom. The molecule has 0 spiro atoms. The van der Waals surface area contributed by atoms with E-state index in [4.69, 9.17) is 39.9 Å². The molecule has 11 N–H and O–H groups in total. The Hall–Kier alpha value is -1.71. The second-order valence-corrected chi connectivity index (χ2v) is 16.3. The highest BCUT2D eigenvalue weighted by atomic mass is 16.7. The van der Waals surface area contributed by atoms with Crippen molar-refractivity contribution in [2.24, 2.45) is 16.5 Å². The number of ether oxygens (including phenoxy) is 6. The highest BCUT2D eigenvalue weighted by molar-refractivity contribution is 5.79. The fourth-order valence-corrected chi connectivity index (χ4v) is 8.07. The maximum absolute atomic E-state index is 11.9. The average molecular weight is 842 g/mol. The van der Waals surface area contributed by atoms with Crippen molar-refractivity contribution in [3.63, 3.8) is 0 Å². The highest BCUT2D eigenvalue weighted by Crippen LogP contribution is 2.34. The SMILES string of the molecule is CCCCCCCCCCCCCCCCCCO[C@H]1C(O[C@@H]2O[C@H](CO)C(O[C@@H]3O[C@H](CO)[C@@H](O)[C@H](O)[C@H]3N)[C@H](O)[C@H]2N=Cc2ccccc2)[C@@H](CO)O[C@@H](O)[C@@H]1N. The summed E-state index contributed by atoms with van der Waals surface area (Å²) in [6, 6.07) is 5.50. The molecule has 0 amide bonds. The van der Waals surface area contributed by atoms with Gasteiger partial charge in [-0.3, -0.25) is 4.99 Å². The topological polar surface area (TPSA) is 261 Å². The molecule has 3 fully saturated rings. The zero-order chi connectivity index (χ0) is 42.6. The molecule has 1 aromatic carbocycles. The van der Waals surface area contributed by atoms with Crippen molar-refractivity contribution >= 4 is 6.21 Å². The van der Waals surface area contributed by atoms with Crippen LogP contribution in [0.2, 0.25) is 0 Å². The third-order valence-electron chi connectivity index (χ3n) is 11.7. The number of hydrogen-bond acceptors (Lipinski definition) is 16. The first kappa shape index (κ1) is 49.9. The Labute approximate surface area is 350 Å². The van der Waals surface area contributed by atoms with Crippen molar-refractivity contribution in [1.82, 2.24) is 0 Å². The lowest BCUT2D eigenvalue weighted by molar-refractivity contribution is -0.349. The molecule has 0 aromatic heterocycles. The molecule has 3 aliphatic heterocycles. The van der Waals surface area contributed by atoms with Crippen LogP contribution in [-0.2, 0) is 28.4 Å². The molecular formula is C43H75N3O13. The first-order valence-corrected chi connectivity index (χ1v) is 22.2. The van der Waals surface area contributed by atoms with Crippen LogP contribution < -0.4 is 11.5 Å². The van der Waals surface area contributed by atoms with Crippen LogP contribution in [0.25, 0.3) is 0 Å². The monoisotopic (exact) mass is 842 g/mol. The van der Waals surface area contributed by atoms with Crippen LogP contribution in [0, 0.1) is 0 Å². The molecular weight excluding hydrogens is 766 g/mol. The van der Waals surface area contributed by atoms with Crippen molar-refractivity contribution in [2.75, 3.05) is 26.4 Å². The second-order valence-electron chi connectivity index (χ2n) is 16.3. The van der Waals surface area contributed by atoms with E-state index < -0.39 is 112 Å². The van der Waals surface area contributed by atoms with E-state index in [-0.39, 0.29) is 0 Å². The first-order valence-electron chi connectivity index (χ1n) is 22.2. The van der Waals surface area contributed by atoms with E-state index in [2.05, 4.69) is 11.9 Å². The van der Waals surface area contributed by atoms with Gasteiger partial charge in [0.25, 0.3) is 0 Å². The lowest BCUT2D eigenvalue weighted by Gasteiger charge is -2.49. The normalized spacial score (nSPS) is 35.4. The van der Waals surface area contributed by atoms with Gasteiger partial charge in [0.1, 0.15) is 61.0 Å². The quantitative estimate of drug-likeness (QED) is 0.0452. The molecule has 2 unspecified atom stereocenters. The first-order chi connectivity index (χ1) is 28.6. The smallest absolute Gasteiger partial charge is 0.183 e. The molecule has 3 saturated heterocycles. The molecule has 0 aliphatic carbocycles. The minimum atomic E-state index is -1.54. The fraction of sp³-hybridized carbons (Fsp3) is 0.837. The van der Waals surface area contributed by atoms with Crippen molar-refractivity contribution in [2.45, 2.75) is 202 Å². The minimum Gasteiger partial charge on any atom is -0.394 e. The predicted octanol–water partition coefficient (Wildman–Crippen LogP) is 1.77. The van der Waals surface area contributed by atoms with Gasteiger partial charge in [-0.2, -0.15) is 0 Å². The third kappa shape index (κ3) is 15.3. The van der Waals surface area contributed by atoms with Crippen molar-refractivity contribution < 1.29 is 64.2 Å². The number of rotatable bonds is 27. The van der Waals surface area contributed by atoms with Gasteiger partial charge in [-0.25, -0.2) is 0 Å². The van der Waals surface area contributed by atoms with Gasteiger partial charge in [0.05, 0.1) is 31.9 Å². The third-order valence-corrected chi connectivity index (χ3v) is 11.7. The summed E-state index contributed by atoms with van der Waals surface area (Å²) < 4.78 is 36.2. The summed E-state index contributed by atoms with van der Waals surface area (Å²) >= 11 is 0. The molecule has 1 aromatic rings. The Kier molecular flexibility index (Phi) is 23.2. The number of benzene rings is 1. The van der Waals surface area contributed by atoms with Crippen LogP contribution in [0.15, 0.2) is 35.3 Å². The van der Waals surface area contributed by atoms with Crippen molar-refractivity contribution in [3.8, 4) is 0 Å². The van der Waals surface area contributed by atoms with E-state index in [9.17, 15) is 35.7 Å². The van der Waals surface area contributed by atoms with E-state index in [0.717, 1.165) is 25.7 Å². The summed E-state index contributed by atoms with van der Waals surface area (Å²) in [4.78, 5) is 4.62. The molecule has 340 valence electrons. The minimum absolute atomic E-state index is 0.317. The van der Waals surface area contributed by atoms with E-state index in [0.29, 0.717) is 12.2 Å². The van der Waals surface area contributed by atoms with Crippen LogP contribution in [0.5, 0.6) is 0 Å². The number of aliphatic hydroxyl groups excluding tert-OH is 7. The van der Waals surface area contributed by atoms with Crippen molar-refractivity contribution in [3.05, 3.63) is 35.9 Å². The Bertz CT molecular complexity index is 1270. The van der Waals surface area contributed by atoms with Crippen LogP contribution in [0.4, 0.5) is 0 Å². The molecule has 0 radical (unpaired) electrons. The molecule has 4 rings (SSSR count). The largest absolute Gasteiger partial charge is 0.394 e. The molecule has 16 heteroatoms. The number of aliphatic imine (C=N–C) groups is 1. The maximum Gasteiger partial charge on any atom is 0.183 e. The van der Waals surface area contributed by atoms with Gasteiger partial charge >= 0.3 is 0 Å². The second kappa shape index (κ2) is 27.4. The standard InChI is InChI=1S/C43H75N3O13/c1-2-3-4-5-6-7-8-9-10-11-12-13-14-15-16-20-23-54-40-33(45)41(53)55-31(27-49)39(40)59-43-34(46-24-28-21-18-17-19-22-28)37(52)38(30(26-48)57-43)58-42-32(44)36(51)35(50)29(25-47)56-42/h17-19,21-22,24,29-43,47-53H,2-16,20,23,25-27,44-45H2,1H3/t29-,30-,31-,32-,33-,34-,35-,36-,37-,38?,39?,40-,41-,42+,43+/m1/s1. The van der Waals surface area contributed by atoms with Gasteiger partial charge in [0, 0.05) is 12.8 Å². The number of unbranched alkanes of at least 4 members (excludes halogenated alkanes) is 15. The Morgan fingerprint density at radius 3 is 1.64 bits per heavy atom. The Morgan fingerprint density at radius 2 is 1.08 bits per heavy atom. The number of nitrogens with zero attached hydrogens (tertiary/aromatic N) is 1. The molecule has 3 heterocycles. The Balaban J connectivity index is 1.35. The van der Waals surface area contributed by atoms with Crippen LogP contribution in [0.3, 0.4) is 0 Å². The summed E-state index contributed by atoms with van der Waals surface area (Å²) in [7, 11) is 0. The summed E-state index contributed by atoms with van der Waals surface area (Å²) in [5.41, 5.74) is 13.2. The lowest BCUT2D eigenvalue weighted by atomic mass is 9.94. The van der Waals surface area contributed by atoms with E-state index in [1.807, 2.05) is 18.2 Å². The van der Waals surface area contributed by atoms with Crippen LogP contribution in [0.1, 0.15) is 115 Å². The van der Waals surface area contributed by atoms with E-state index in [1.165, 1.54) is 83.3 Å². The summed E-state index contributed by atoms with van der Waals surface area (Å²) in [6.07, 6.45) is 5.48. The van der Waals surface area contributed by atoms with Gasteiger partial charge in [-0.05, 0) is 12.0 Å². The number of hydrogen-bond donors (Lipinski definition) is 9. The molecule has 59 heavy (non-hydrogen) atoms. The lowest BCUT2D eigenvalue weighted by Crippen LogP contribution is -2.68. The highest BCUT2D eigenvalue weighted by Gasteiger charge is 2.53. The van der Waals surface area contributed by atoms with E-state index in [1.54, 1.807) is 12.1 Å². The van der Waals surface area contributed by atoms with Gasteiger partial charge in [0.15, 0.2) is 18.9 Å². The van der Waals surface area contributed by atoms with Crippen LogP contribution >= 0.6 is 0 Å². The zero-order valence-electron chi connectivity index (χ0n) is 34.9. The fourth-order valence-electron chi connectivity index (χ4n) is 8.07. The van der Waals surface area contributed by atoms with Crippen LogP contribution in [-0.4, -0.2) is 160 Å². The molecule has 0 bridgehead atoms. The van der Waals surface area contributed by atoms with Crippen molar-refractivity contribution in [1.29, 1.82) is 0 Å². The molecule has 3 aliphatic rings. The average Bonchev–Trinajstić information content (AvgIpc) is 3.24. The van der Waals surface area contributed by atoms with Gasteiger partial charge < -0.3 is 75.6 Å². The summed E-state index contributed by atoms with van der Waals surface area (Å²) in [5.74, 6) is 0. The maximum atomic E-state index is 11.9.